The SMILES string of the molecule is [O]COCC(F)(F)C(F)F. The predicted molar refractivity (Wildman–Crippen MR) is 22.5 cm³/mol. The zero-order valence-corrected chi connectivity index (χ0v) is 4.82. The van der Waals surface area contributed by atoms with Crippen LogP contribution in [-0.4, -0.2) is 25.7 Å². The number of ether oxygens (including phenoxy) is 1. The molecule has 1 radical (unpaired) electrons. The van der Waals surface area contributed by atoms with E-state index in [2.05, 4.69) is 4.74 Å². The topological polar surface area (TPSA) is 29.1 Å². The standard InChI is InChI=1S/C4H5F4O2/c5-3(6)4(7,8)1-10-2-9/h3H,1-2H2. The van der Waals surface area contributed by atoms with Gasteiger partial charge in [-0.2, -0.15) is 8.78 Å². The van der Waals surface area contributed by atoms with Crippen molar-refractivity contribution in [2.75, 3.05) is 13.4 Å². The minimum absolute atomic E-state index is 1.23. The number of rotatable bonds is 4. The first-order valence-corrected chi connectivity index (χ1v) is 2.32. The van der Waals surface area contributed by atoms with Crippen LogP contribution >= 0.6 is 0 Å². The van der Waals surface area contributed by atoms with Crippen molar-refractivity contribution in [3.05, 3.63) is 0 Å². The normalized spacial score (nSPS) is 12.6. The summed E-state index contributed by atoms with van der Waals surface area (Å²) in [5.74, 6) is -4.20. The monoisotopic (exact) mass is 161 g/mol. The highest BCUT2D eigenvalue weighted by molar-refractivity contribution is 4.66. The van der Waals surface area contributed by atoms with E-state index in [1.54, 1.807) is 0 Å². The Morgan fingerprint density at radius 3 is 2.20 bits per heavy atom. The highest BCUT2D eigenvalue weighted by Gasteiger charge is 2.40. The molecule has 0 saturated carbocycles. The molecule has 61 valence electrons. The zero-order valence-electron chi connectivity index (χ0n) is 4.82. The molecule has 0 fully saturated rings. The summed E-state index contributed by atoms with van der Waals surface area (Å²) in [6, 6.07) is 0. The van der Waals surface area contributed by atoms with Crippen LogP contribution in [0, 0.1) is 0 Å². The van der Waals surface area contributed by atoms with E-state index < -0.39 is 25.7 Å². The van der Waals surface area contributed by atoms with Gasteiger partial charge in [0.25, 0.3) is 0 Å². The zero-order chi connectivity index (χ0) is 8.20. The Morgan fingerprint density at radius 1 is 1.40 bits per heavy atom. The molecule has 0 atom stereocenters. The molecule has 0 aliphatic rings. The molecule has 6 heteroatoms. The van der Waals surface area contributed by atoms with Gasteiger partial charge in [-0.25, -0.2) is 13.9 Å². The van der Waals surface area contributed by atoms with Gasteiger partial charge in [0.15, 0.2) is 6.79 Å². The maximum Gasteiger partial charge on any atom is 0.330 e. The average Bonchev–Trinajstić information content (AvgIpc) is 1.84. The van der Waals surface area contributed by atoms with Gasteiger partial charge in [-0.3, -0.25) is 0 Å². The summed E-state index contributed by atoms with van der Waals surface area (Å²) in [5, 5.41) is 9.40. The lowest BCUT2D eigenvalue weighted by Gasteiger charge is -2.13. The van der Waals surface area contributed by atoms with Crippen molar-refractivity contribution in [1.82, 2.24) is 0 Å². The molecule has 0 unspecified atom stereocenters. The van der Waals surface area contributed by atoms with Crippen LogP contribution < -0.4 is 0 Å². The summed E-state index contributed by atoms with van der Waals surface area (Å²) >= 11 is 0. The largest absolute Gasteiger partial charge is 0.346 e. The van der Waals surface area contributed by atoms with Crippen molar-refractivity contribution >= 4 is 0 Å². The molecule has 0 rings (SSSR count). The fourth-order valence-corrected chi connectivity index (χ4v) is 0.241. The van der Waals surface area contributed by atoms with E-state index in [4.69, 9.17) is 0 Å². The van der Waals surface area contributed by atoms with E-state index in [1.165, 1.54) is 0 Å². The summed E-state index contributed by atoms with van der Waals surface area (Å²) in [4.78, 5) is 0. The van der Waals surface area contributed by atoms with Crippen molar-refractivity contribution in [3.63, 3.8) is 0 Å². The van der Waals surface area contributed by atoms with Gasteiger partial charge in [0, 0.05) is 0 Å². The van der Waals surface area contributed by atoms with Crippen LogP contribution in [-0.2, 0) is 9.84 Å². The first-order chi connectivity index (χ1) is 4.50. The third kappa shape index (κ3) is 2.98. The van der Waals surface area contributed by atoms with Gasteiger partial charge in [-0.05, 0) is 0 Å². The van der Waals surface area contributed by atoms with Gasteiger partial charge in [0.1, 0.15) is 6.61 Å². The third-order valence-corrected chi connectivity index (χ3v) is 0.697. The molecule has 0 spiro atoms. The minimum atomic E-state index is -4.20. The molecule has 0 N–H and O–H groups in total. The van der Waals surface area contributed by atoms with Gasteiger partial charge in [0.2, 0.25) is 0 Å². The molecule has 2 nitrogen and oxygen atoms in total. The molecule has 0 aliphatic carbocycles. The molecular formula is C4H5F4O2. The number of hydrogen-bond donors (Lipinski definition) is 0. The molecule has 0 heterocycles. The van der Waals surface area contributed by atoms with Crippen molar-refractivity contribution in [3.8, 4) is 0 Å². The summed E-state index contributed by atoms with van der Waals surface area (Å²) in [5.41, 5.74) is 0. The Morgan fingerprint density at radius 2 is 1.90 bits per heavy atom. The van der Waals surface area contributed by atoms with Crippen LogP contribution in [0.3, 0.4) is 0 Å². The molecule has 10 heavy (non-hydrogen) atoms. The molecule has 0 saturated heterocycles. The first kappa shape index (κ1) is 9.64. The van der Waals surface area contributed by atoms with Crippen LogP contribution in [0.25, 0.3) is 0 Å². The second-order valence-corrected chi connectivity index (χ2v) is 1.53. The molecule has 0 aromatic rings. The summed E-state index contributed by atoms with van der Waals surface area (Å²) in [6.07, 6.45) is -3.78. The van der Waals surface area contributed by atoms with Crippen molar-refractivity contribution in [2.24, 2.45) is 0 Å². The number of hydrogen-bond acceptors (Lipinski definition) is 1. The Labute approximate surface area is 54.4 Å². The lowest BCUT2D eigenvalue weighted by Crippen LogP contribution is -2.32. The molecule has 0 bridgehead atoms. The van der Waals surface area contributed by atoms with Gasteiger partial charge >= 0.3 is 12.3 Å². The van der Waals surface area contributed by atoms with Gasteiger partial charge < -0.3 is 4.74 Å². The fraction of sp³-hybridized carbons (Fsp3) is 1.00. The van der Waals surface area contributed by atoms with E-state index in [0.29, 0.717) is 0 Å². The molecule has 0 aliphatic heterocycles. The quantitative estimate of drug-likeness (QED) is 0.451. The maximum absolute atomic E-state index is 11.7. The Balaban J connectivity index is 3.63. The molecule has 0 aromatic carbocycles. The van der Waals surface area contributed by atoms with Gasteiger partial charge in [-0.1, -0.05) is 0 Å². The highest BCUT2D eigenvalue weighted by atomic mass is 19.3. The summed E-state index contributed by atoms with van der Waals surface area (Å²) < 4.78 is 49.4. The highest BCUT2D eigenvalue weighted by Crippen LogP contribution is 2.22. The number of alkyl halides is 4. The lowest BCUT2D eigenvalue weighted by atomic mass is 10.4. The smallest absolute Gasteiger partial charge is 0.330 e. The Bertz CT molecular complexity index is 95.3. The van der Waals surface area contributed by atoms with Crippen LogP contribution in [0.1, 0.15) is 0 Å². The van der Waals surface area contributed by atoms with Crippen LogP contribution in [0.5, 0.6) is 0 Å². The summed E-state index contributed by atoms with van der Waals surface area (Å²) in [7, 11) is 0. The maximum atomic E-state index is 11.7. The summed E-state index contributed by atoms with van der Waals surface area (Å²) in [6.45, 7) is -2.75. The third-order valence-electron chi connectivity index (χ3n) is 0.697. The van der Waals surface area contributed by atoms with E-state index in [9.17, 15) is 22.7 Å². The van der Waals surface area contributed by atoms with E-state index in [0.717, 1.165) is 0 Å². The molecular weight excluding hydrogens is 156 g/mol. The van der Waals surface area contributed by atoms with Gasteiger partial charge in [-0.15, -0.1) is 0 Å². The van der Waals surface area contributed by atoms with E-state index in [1.807, 2.05) is 0 Å². The Kier molecular flexibility index (Phi) is 3.59. The average molecular weight is 161 g/mol. The molecule has 0 amide bonds. The van der Waals surface area contributed by atoms with Crippen molar-refractivity contribution < 1.29 is 27.4 Å². The van der Waals surface area contributed by atoms with Crippen molar-refractivity contribution in [1.29, 1.82) is 0 Å². The first-order valence-electron chi connectivity index (χ1n) is 2.32. The molecule has 0 aromatic heterocycles. The second kappa shape index (κ2) is 3.72. The van der Waals surface area contributed by atoms with Crippen LogP contribution in [0.4, 0.5) is 17.6 Å². The van der Waals surface area contributed by atoms with E-state index >= 15 is 0 Å². The van der Waals surface area contributed by atoms with Crippen molar-refractivity contribution in [2.45, 2.75) is 12.3 Å². The predicted octanol–water partition coefficient (Wildman–Crippen LogP) is 1.29. The van der Waals surface area contributed by atoms with Crippen LogP contribution in [0.15, 0.2) is 0 Å². The second-order valence-electron chi connectivity index (χ2n) is 1.53. The lowest BCUT2D eigenvalue weighted by molar-refractivity contribution is -0.187. The fourth-order valence-electron chi connectivity index (χ4n) is 0.241. The van der Waals surface area contributed by atoms with Gasteiger partial charge in [0.05, 0.1) is 0 Å². The minimum Gasteiger partial charge on any atom is -0.346 e. The van der Waals surface area contributed by atoms with E-state index in [-0.39, 0.29) is 0 Å². The van der Waals surface area contributed by atoms with Crippen LogP contribution in [0.2, 0.25) is 0 Å². The number of halogens is 4. The Hall–Kier alpha value is -0.360.